The molecule has 0 aromatic carbocycles. The SMILES string of the molecule is CC(C)(C)OC(=O)N1CCC(C(=O)O)(N2CCC2)C1. The number of likely N-dealkylation sites (tertiary alicyclic amines) is 2. The van der Waals surface area contributed by atoms with Crippen molar-refractivity contribution >= 4 is 12.1 Å². The van der Waals surface area contributed by atoms with Crippen molar-refractivity contribution in [2.45, 2.75) is 44.8 Å². The summed E-state index contributed by atoms with van der Waals surface area (Å²) in [6, 6.07) is 0. The zero-order chi connectivity index (χ0) is 14.3. The Kier molecular flexibility index (Phi) is 3.47. The first-order valence-corrected chi connectivity index (χ1v) is 6.71. The van der Waals surface area contributed by atoms with Crippen molar-refractivity contribution < 1.29 is 19.4 Å². The molecule has 1 amide bonds. The smallest absolute Gasteiger partial charge is 0.410 e. The molecule has 0 bridgehead atoms. The van der Waals surface area contributed by atoms with Crippen molar-refractivity contribution in [3.05, 3.63) is 0 Å². The summed E-state index contributed by atoms with van der Waals surface area (Å²) >= 11 is 0. The van der Waals surface area contributed by atoms with Gasteiger partial charge >= 0.3 is 12.1 Å². The van der Waals surface area contributed by atoms with E-state index in [4.69, 9.17) is 4.74 Å². The molecule has 0 aliphatic carbocycles. The second-order valence-corrected chi connectivity index (χ2v) is 6.33. The van der Waals surface area contributed by atoms with Crippen molar-refractivity contribution in [1.29, 1.82) is 0 Å². The van der Waals surface area contributed by atoms with Gasteiger partial charge in [-0.25, -0.2) is 4.79 Å². The number of ether oxygens (including phenoxy) is 1. The van der Waals surface area contributed by atoms with Crippen LogP contribution in [0.2, 0.25) is 0 Å². The fourth-order valence-electron chi connectivity index (χ4n) is 2.59. The quantitative estimate of drug-likeness (QED) is 0.815. The number of carboxylic acid groups (broad SMARTS) is 1. The van der Waals surface area contributed by atoms with E-state index < -0.39 is 23.2 Å². The maximum Gasteiger partial charge on any atom is 0.410 e. The lowest BCUT2D eigenvalue weighted by molar-refractivity contribution is -0.153. The van der Waals surface area contributed by atoms with Crippen LogP contribution < -0.4 is 0 Å². The molecule has 0 aromatic heterocycles. The predicted octanol–water partition coefficient (Wildman–Crippen LogP) is 1.16. The molecule has 1 atom stereocenters. The van der Waals surface area contributed by atoms with E-state index in [9.17, 15) is 14.7 Å². The molecule has 0 aromatic rings. The Balaban J connectivity index is 2.04. The fraction of sp³-hybridized carbons (Fsp3) is 0.846. The second kappa shape index (κ2) is 4.67. The monoisotopic (exact) mass is 270 g/mol. The molecule has 2 fully saturated rings. The molecule has 0 spiro atoms. The minimum atomic E-state index is -0.908. The molecule has 1 unspecified atom stereocenters. The molecular weight excluding hydrogens is 248 g/mol. The lowest BCUT2D eigenvalue weighted by Crippen LogP contribution is -2.61. The number of aliphatic carboxylic acids is 1. The van der Waals surface area contributed by atoms with Crippen molar-refractivity contribution in [2.24, 2.45) is 0 Å². The summed E-state index contributed by atoms with van der Waals surface area (Å²) in [6.45, 7) is 7.68. The van der Waals surface area contributed by atoms with E-state index in [2.05, 4.69) is 0 Å². The lowest BCUT2D eigenvalue weighted by atomic mass is 9.92. The van der Waals surface area contributed by atoms with Gasteiger partial charge < -0.3 is 14.7 Å². The van der Waals surface area contributed by atoms with E-state index >= 15 is 0 Å². The minimum Gasteiger partial charge on any atom is -0.480 e. The van der Waals surface area contributed by atoms with Gasteiger partial charge in [0.25, 0.3) is 0 Å². The second-order valence-electron chi connectivity index (χ2n) is 6.33. The molecule has 2 aliphatic rings. The third-order valence-electron chi connectivity index (χ3n) is 3.76. The molecular formula is C13H22N2O4. The normalized spacial score (nSPS) is 28.1. The summed E-state index contributed by atoms with van der Waals surface area (Å²) in [4.78, 5) is 27.1. The van der Waals surface area contributed by atoms with Gasteiger partial charge in [-0.05, 0) is 33.6 Å². The fourth-order valence-corrected chi connectivity index (χ4v) is 2.59. The molecule has 2 aliphatic heterocycles. The van der Waals surface area contributed by atoms with E-state index in [1.54, 1.807) is 20.8 Å². The van der Waals surface area contributed by atoms with Crippen LogP contribution in [-0.4, -0.2) is 64.3 Å². The van der Waals surface area contributed by atoms with Crippen molar-refractivity contribution in [2.75, 3.05) is 26.2 Å². The maximum absolute atomic E-state index is 12.0. The Bertz CT molecular complexity index is 387. The van der Waals surface area contributed by atoms with Gasteiger partial charge in [-0.3, -0.25) is 9.69 Å². The van der Waals surface area contributed by atoms with Gasteiger partial charge in [-0.1, -0.05) is 0 Å². The van der Waals surface area contributed by atoms with Crippen LogP contribution in [0.4, 0.5) is 4.79 Å². The zero-order valence-electron chi connectivity index (χ0n) is 11.8. The van der Waals surface area contributed by atoms with E-state index in [0.29, 0.717) is 13.0 Å². The summed E-state index contributed by atoms with van der Waals surface area (Å²) in [6.07, 6.45) is 1.08. The number of amides is 1. The molecule has 6 heteroatoms. The van der Waals surface area contributed by atoms with E-state index in [0.717, 1.165) is 19.5 Å². The highest BCUT2D eigenvalue weighted by Gasteiger charge is 2.52. The highest BCUT2D eigenvalue weighted by atomic mass is 16.6. The number of carboxylic acids is 1. The van der Waals surface area contributed by atoms with Crippen LogP contribution in [-0.2, 0) is 9.53 Å². The molecule has 2 saturated heterocycles. The zero-order valence-corrected chi connectivity index (χ0v) is 11.8. The van der Waals surface area contributed by atoms with E-state index in [1.807, 2.05) is 4.90 Å². The molecule has 0 saturated carbocycles. The molecule has 108 valence electrons. The Morgan fingerprint density at radius 2 is 1.84 bits per heavy atom. The molecule has 19 heavy (non-hydrogen) atoms. The predicted molar refractivity (Wildman–Crippen MR) is 69.0 cm³/mol. The molecule has 6 nitrogen and oxygen atoms in total. The molecule has 2 rings (SSSR count). The summed E-state index contributed by atoms with van der Waals surface area (Å²) in [5.41, 5.74) is -1.46. The van der Waals surface area contributed by atoms with Gasteiger partial charge in [-0.2, -0.15) is 0 Å². The third-order valence-corrected chi connectivity index (χ3v) is 3.76. The Hall–Kier alpha value is -1.30. The van der Waals surface area contributed by atoms with Crippen LogP contribution in [0.1, 0.15) is 33.6 Å². The van der Waals surface area contributed by atoms with Crippen LogP contribution in [0.25, 0.3) is 0 Å². The maximum atomic E-state index is 12.0. The molecule has 1 N–H and O–H groups in total. The largest absolute Gasteiger partial charge is 0.480 e. The first kappa shape index (κ1) is 14.1. The van der Waals surface area contributed by atoms with Gasteiger partial charge in [0.1, 0.15) is 11.1 Å². The van der Waals surface area contributed by atoms with Crippen LogP contribution in [0.5, 0.6) is 0 Å². The van der Waals surface area contributed by atoms with Gasteiger partial charge in [0.15, 0.2) is 0 Å². The van der Waals surface area contributed by atoms with E-state index in [-0.39, 0.29) is 6.54 Å². The first-order valence-electron chi connectivity index (χ1n) is 6.71. The van der Waals surface area contributed by atoms with Crippen molar-refractivity contribution in [3.63, 3.8) is 0 Å². The minimum absolute atomic E-state index is 0.219. The van der Waals surface area contributed by atoms with Crippen LogP contribution in [0.15, 0.2) is 0 Å². The van der Waals surface area contributed by atoms with Crippen LogP contribution in [0, 0.1) is 0 Å². The number of hydrogen-bond acceptors (Lipinski definition) is 4. The summed E-state index contributed by atoms with van der Waals surface area (Å²) < 4.78 is 5.30. The van der Waals surface area contributed by atoms with Gasteiger partial charge in [0.2, 0.25) is 0 Å². The topological polar surface area (TPSA) is 70.1 Å². The standard InChI is InChI=1S/C13H22N2O4/c1-12(2,3)19-11(18)14-8-5-13(9-14,10(16)17)15-6-4-7-15/h4-9H2,1-3H3,(H,16,17). The summed E-state index contributed by atoms with van der Waals surface area (Å²) in [5, 5.41) is 9.51. The lowest BCUT2D eigenvalue weighted by Gasteiger charge is -2.43. The Labute approximate surface area is 113 Å². The van der Waals surface area contributed by atoms with Gasteiger partial charge in [-0.15, -0.1) is 0 Å². The Morgan fingerprint density at radius 1 is 1.21 bits per heavy atom. The summed E-state index contributed by atoms with van der Waals surface area (Å²) in [7, 11) is 0. The third kappa shape index (κ3) is 2.68. The van der Waals surface area contributed by atoms with Gasteiger partial charge in [0, 0.05) is 19.6 Å². The number of carbonyl (C=O) groups excluding carboxylic acids is 1. The molecule has 2 heterocycles. The van der Waals surface area contributed by atoms with Crippen LogP contribution >= 0.6 is 0 Å². The van der Waals surface area contributed by atoms with Crippen LogP contribution in [0.3, 0.4) is 0 Å². The van der Waals surface area contributed by atoms with Crippen molar-refractivity contribution in [3.8, 4) is 0 Å². The van der Waals surface area contributed by atoms with Gasteiger partial charge in [0.05, 0.1) is 6.54 Å². The highest BCUT2D eigenvalue weighted by molar-refractivity contribution is 5.81. The highest BCUT2D eigenvalue weighted by Crippen LogP contribution is 2.32. The van der Waals surface area contributed by atoms with Crippen molar-refractivity contribution in [1.82, 2.24) is 9.80 Å². The number of rotatable bonds is 2. The number of nitrogens with zero attached hydrogens (tertiary/aromatic N) is 2. The molecule has 0 radical (unpaired) electrons. The number of hydrogen-bond donors (Lipinski definition) is 1. The number of carbonyl (C=O) groups is 2. The van der Waals surface area contributed by atoms with E-state index in [1.165, 1.54) is 4.90 Å². The Morgan fingerprint density at radius 3 is 2.26 bits per heavy atom. The summed E-state index contributed by atoms with van der Waals surface area (Å²) in [5.74, 6) is -0.835. The average molecular weight is 270 g/mol. The average Bonchev–Trinajstić information content (AvgIpc) is 2.58. The first-order chi connectivity index (χ1) is 8.74.